The van der Waals surface area contributed by atoms with Crippen LogP contribution in [0.5, 0.6) is 0 Å². The van der Waals surface area contributed by atoms with Crippen LogP contribution in [-0.4, -0.2) is 29.4 Å². The molecule has 0 amide bonds. The van der Waals surface area contributed by atoms with Crippen molar-refractivity contribution >= 4 is 5.97 Å². The van der Waals surface area contributed by atoms with Crippen LogP contribution in [0.4, 0.5) is 0 Å². The number of hydrogen-bond acceptors (Lipinski definition) is 3. The minimum atomic E-state index is -1.11. The molecule has 0 radical (unpaired) electrons. The highest BCUT2D eigenvalue weighted by atomic mass is 16.5. The van der Waals surface area contributed by atoms with Crippen LogP contribution in [0.3, 0.4) is 0 Å². The van der Waals surface area contributed by atoms with E-state index in [0.717, 1.165) is 25.0 Å². The van der Waals surface area contributed by atoms with Crippen molar-refractivity contribution in [3.63, 3.8) is 0 Å². The Morgan fingerprint density at radius 1 is 1.41 bits per heavy atom. The SMILES string of the molecule is COCCCn1c(C)cc(=O)c(C(=O)O)c1CC1CCCC1. The Kier molecular flexibility index (Phi) is 5.77. The molecule has 0 bridgehead atoms. The van der Waals surface area contributed by atoms with Crippen molar-refractivity contribution in [3.05, 3.63) is 33.2 Å². The number of carboxylic acids is 1. The summed E-state index contributed by atoms with van der Waals surface area (Å²) in [5.74, 6) is -0.619. The van der Waals surface area contributed by atoms with Crippen molar-refractivity contribution in [1.29, 1.82) is 0 Å². The molecule has 0 atom stereocenters. The van der Waals surface area contributed by atoms with Crippen LogP contribution in [0.1, 0.15) is 53.8 Å². The summed E-state index contributed by atoms with van der Waals surface area (Å²) in [5.41, 5.74) is 1.11. The first-order chi connectivity index (χ1) is 10.5. The second-order valence-corrected chi connectivity index (χ2v) is 6.13. The molecule has 2 rings (SSSR count). The molecule has 1 aliphatic rings. The first kappa shape index (κ1) is 16.7. The number of methoxy groups -OCH3 is 1. The molecule has 1 heterocycles. The Labute approximate surface area is 130 Å². The lowest BCUT2D eigenvalue weighted by molar-refractivity contribution is 0.0692. The molecule has 1 aromatic heterocycles. The summed E-state index contributed by atoms with van der Waals surface area (Å²) in [4.78, 5) is 23.7. The lowest BCUT2D eigenvalue weighted by Crippen LogP contribution is -2.26. The Balaban J connectivity index is 2.41. The Hall–Kier alpha value is -1.62. The maximum absolute atomic E-state index is 12.1. The van der Waals surface area contributed by atoms with Crippen molar-refractivity contribution in [2.45, 2.75) is 52.0 Å². The average molecular weight is 307 g/mol. The lowest BCUT2D eigenvalue weighted by atomic mass is 9.97. The van der Waals surface area contributed by atoms with E-state index in [4.69, 9.17) is 4.74 Å². The van der Waals surface area contributed by atoms with Crippen LogP contribution in [0.25, 0.3) is 0 Å². The van der Waals surface area contributed by atoms with E-state index in [0.29, 0.717) is 31.2 Å². The number of nitrogens with zero attached hydrogens (tertiary/aromatic N) is 1. The zero-order chi connectivity index (χ0) is 16.1. The number of carboxylic acid groups (broad SMARTS) is 1. The first-order valence-electron chi connectivity index (χ1n) is 8.00. The number of rotatable bonds is 7. The van der Waals surface area contributed by atoms with Crippen LogP contribution in [0, 0.1) is 12.8 Å². The van der Waals surface area contributed by atoms with Crippen molar-refractivity contribution in [2.75, 3.05) is 13.7 Å². The van der Waals surface area contributed by atoms with E-state index in [-0.39, 0.29) is 11.0 Å². The lowest BCUT2D eigenvalue weighted by Gasteiger charge is -2.21. The van der Waals surface area contributed by atoms with Gasteiger partial charge in [-0.2, -0.15) is 0 Å². The summed E-state index contributed by atoms with van der Waals surface area (Å²) in [6.45, 7) is 3.18. The van der Waals surface area contributed by atoms with Crippen molar-refractivity contribution < 1.29 is 14.6 Å². The molecule has 0 aliphatic heterocycles. The van der Waals surface area contributed by atoms with Gasteiger partial charge in [-0.1, -0.05) is 25.7 Å². The van der Waals surface area contributed by atoms with Gasteiger partial charge in [0, 0.05) is 37.7 Å². The number of aromatic nitrogens is 1. The molecule has 1 saturated carbocycles. The zero-order valence-corrected chi connectivity index (χ0v) is 13.4. The first-order valence-corrected chi connectivity index (χ1v) is 8.00. The maximum atomic E-state index is 12.1. The molecule has 0 spiro atoms. The van der Waals surface area contributed by atoms with Gasteiger partial charge in [0.2, 0.25) is 0 Å². The Morgan fingerprint density at radius 3 is 2.68 bits per heavy atom. The molecule has 1 N–H and O–H groups in total. The second-order valence-electron chi connectivity index (χ2n) is 6.13. The summed E-state index contributed by atoms with van der Waals surface area (Å²) in [7, 11) is 1.65. The summed E-state index contributed by atoms with van der Waals surface area (Å²) in [6, 6.07) is 1.44. The molecular weight excluding hydrogens is 282 g/mol. The van der Waals surface area contributed by atoms with Gasteiger partial charge in [0.25, 0.3) is 0 Å². The third-order valence-electron chi connectivity index (χ3n) is 4.53. The van der Waals surface area contributed by atoms with E-state index in [1.807, 2.05) is 11.5 Å². The number of hydrogen-bond donors (Lipinski definition) is 1. The fourth-order valence-corrected chi connectivity index (χ4v) is 3.44. The summed E-state index contributed by atoms with van der Waals surface area (Å²) < 4.78 is 7.09. The Bertz CT molecular complexity index is 585. The second kappa shape index (κ2) is 7.58. The predicted octanol–water partition coefficient (Wildman–Crippen LogP) is 2.62. The van der Waals surface area contributed by atoms with Gasteiger partial charge >= 0.3 is 5.97 Å². The molecule has 5 nitrogen and oxygen atoms in total. The number of ether oxygens (including phenoxy) is 1. The molecular formula is C17H25NO4. The minimum Gasteiger partial charge on any atom is -0.477 e. The van der Waals surface area contributed by atoms with Crippen molar-refractivity contribution in [1.82, 2.24) is 4.57 Å². The monoisotopic (exact) mass is 307 g/mol. The standard InChI is InChI=1S/C17H25NO4/c1-12-10-15(19)16(17(20)21)14(11-13-6-3-4-7-13)18(12)8-5-9-22-2/h10,13H,3-9,11H2,1-2H3,(H,20,21). The van der Waals surface area contributed by atoms with E-state index < -0.39 is 5.97 Å². The quantitative estimate of drug-likeness (QED) is 0.786. The maximum Gasteiger partial charge on any atom is 0.341 e. The molecule has 22 heavy (non-hydrogen) atoms. The molecule has 5 heteroatoms. The van der Waals surface area contributed by atoms with E-state index >= 15 is 0 Å². The van der Waals surface area contributed by atoms with Gasteiger partial charge in [-0.15, -0.1) is 0 Å². The smallest absolute Gasteiger partial charge is 0.341 e. The van der Waals surface area contributed by atoms with Gasteiger partial charge in [0.05, 0.1) is 0 Å². The number of pyridine rings is 1. The van der Waals surface area contributed by atoms with E-state index in [9.17, 15) is 14.7 Å². The topological polar surface area (TPSA) is 68.5 Å². The van der Waals surface area contributed by atoms with Gasteiger partial charge in [0.15, 0.2) is 5.43 Å². The summed E-state index contributed by atoms with van der Waals surface area (Å²) >= 11 is 0. The molecule has 0 unspecified atom stereocenters. The molecule has 1 fully saturated rings. The zero-order valence-electron chi connectivity index (χ0n) is 13.4. The highest BCUT2D eigenvalue weighted by molar-refractivity contribution is 5.88. The summed E-state index contributed by atoms with van der Waals surface area (Å²) in [5, 5.41) is 9.47. The Morgan fingerprint density at radius 2 is 2.09 bits per heavy atom. The van der Waals surface area contributed by atoms with Crippen LogP contribution >= 0.6 is 0 Å². The molecule has 0 aromatic carbocycles. The van der Waals surface area contributed by atoms with Gasteiger partial charge in [-0.3, -0.25) is 4.79 Å². The molecule has 1 aliphatic carbocycles. The number of carbonyl (C=O) groups is 1. The van der Waals surface area contributed by atoms with Gasteiger partial charge in [0.1, 0.15) is 5.56 Å². The summed E-state index contributed by atoms with van der Waals surface area (Å²) in [6.07, 6.45) is 6.14. The molecule has 122 valence electrons. The van der Waals surface area contributed by atoms with Crippen molar-refractivity contribution in [2.24, 2.45) is 5.92 Å². The van der Waals surface area contributed by atoms with E-state index in [1.165, 1.54) is 18.9 Å². The van der Waals surface area contributed by atoms with E-state index in [1.54, 1.807) is 7.11 Å². The molecule has 1 aromatic rings. The minimum absolute atomic E-state index is 0.0464. The van der Waals surface area contributed by atoms with Crippen molar-refractivity contribution in [3.8, 4) is 0 Å². The third-order valence-corrected chi connectivity index (χ3v) is 4.53. The van der Waals surface area contributed by atoms with Crippen LogP contribution < -0.4 is 5.43 Å². The van der Waals surface area contributed by atoms with Crippen LogP contribution in [0.2, 0.25) is 0 Å². The molecule has 0 saturated heterocycles. The number of aromatic carboxylic acids is 1. The van der Waals surface area contributed by atoms with Crippen LogP contribution in [0.15, 0.2) is 10.9 Å². The van der Waals surface area contributed by atoms with Crippen LogP contribution in [-0.2, 0) is 17.7 Å². The largest absolute Gasteiger partial charge is 0.477 e. The van der Waals surface area contributed by atoms with E-state index in [2.05, 4.69) is 0 Å². The van der Waals surface area contributed by atoms with Gasteiger partial charge < -0.3 is 14.4 Å². The fraction of sp³-hybridized carbons (Fsp3) is 0.647. The third kappa shape index (κ3) is 3.77. The average Bonchev–Trinajstić information content (AvgIpc) is 2.94. The number of aryl methyl sites for hydroxylation is 1. The van der Waals surface area contributed by atoms with Gasteiger partial charge in [-0.25, -0.2) is 4.79 Å². The fourth-order valence-electron chi connectivity index (χ4n) is 3.44. The predicted molar refractivity (Wildman–Crippen MR) is 84.6 cm³/mol. The van der Waals surface area contributed by atoms with Gasteiger partial charge in [-0.05, 0) is 25.7 Å². The highest BCUT2D eigenvalue weighted by Gasteiger charge is 2.24. The normalized spacial score (nSPS) is 15.4. The highest BCUT2D eigenvalue weighted by Crippen LogP contribution is 2.29.